The number of rotatable bonds is 10. The van der Waals surface area contributed by atoms with Gasteiger partial charge in [0.25, 0.3) is 19.4 Å². The van der Waals surface area contributed by atoms with Crippen LogP contribution in [0.5, 0.6) is 0 Å². The lowest BCUT2D eigenvalue weighted by atomic mass is 9.88. The van der Waals surface area contributed by atoms with Gasteiger partial charge in [-0.05, 0) is 6.42 Å². The summed E-state index contributed by atoms with van der Waals surface area (Å²) in [6.07, 6.45) is 0.544. The standard InChI is InChI=1S/C9H14O6/c1-2-9(3-13-6-10,4-14-7-11)5-15-8-12/h6-8H,2-5H2,1H3. The Morgan fingerprint density at radius 1 is 0.867 bits per heavy atom. The molecule has 0 radical (unpaired) electrons. The Labute approximate surface area is 87.5 Å². The predicted octanol–water partition coefficient (Wildman–Crippen LogP) is -0.0982. The summed E-state index contributed by atoms with van der Waals surface area (Å²) in [6, 6.07) is 0. The number of hydrogen-bond acceptors (Lipinski definition) is 6. The Bertz CT molecular complexity index is 171. The second-order valence-corrected chi connectivity index (χ2v) is 3.08. The molecule has 0 spiro atoms. The van der Waals surface area contributed by atoms with Gasteiger partial charge in [-0.1, -0.05) is 6.92 Å². The van der Waals surface area contributed by atoms with Crippen molar-refractivity contribution >= 4 is 19.4 Å². The minimum absolute atomic E-state index is 0.0364. The molecule has 6 heteroatoms. The van der Waals surface area contributed by atoms with E-state index in [1.807, 2.05) is 6.92 Å². The van der Waals surface area contributed by atoms with Crippen molar-refractivity contribution in [3.63, 3.8) is 0 Å². The molecule has 0 atom stereocenters. The second kappa shape index (κ2) is 7.78. The number of carbonyl (C=O) groups is 3. The van der Waals surface area contributed by atoms with Crippen molar-refractivity contribution in [2.45, 2.75) is 13.3 Å². The van der Waals surface area contributed by atoms with Gasteiger partial charge in [0.15, 0.2) is 0 Å². The topological polar surface area (TPSA) is 78.9 Å². The summed E-state index contributed by atoms with van der Waals surface area (Å²) < 4.78 is 13.8. The van der Waals surface area contributed by atoms with Gasteiger partial charge in [-0.3, -0.25) is 14.4 Å². The van der Waals surface area contributed by atoms with Crippen molar-refractivity contribution in [1.82, 2.24) is 0 Å². The monoisotopic (exact) mass is 218 g/mol. The number of hydrogen-bond donors (Lipinski definition) is 0. The summed E-state index contributed by atoms with van der Waals surface area (Å²) in [5.41, 5.74) is -0.664. The molecule has 0 aromatic rings. The molecule has 6 nitrogen and oxygen atoms in total. The maximum atomic E-state index is 10.1. The molecule has 0 rings (SSSR count). The molecule has 0 aliphatic heterocycles. The quantitative estimate of drug-likeness (QED) is 0.376. The van der Waals surface area contributed by atoms with Crippen LogP contribution < -0.4 is 0 Å². The summed E-state index contributed by atoms with van der Waals surface area (Å²) in [7, 11) is 0. The third kappa shape index (κ3) is 4.99. The highest BCUT2D eigenvalue weighted by molar-refractivity contribution is 5.38. The van der Waals surface area contributed by atoms with Gasteiger partial charge in [0.1, 0.15) is 19.8 Å². The highest BCUT2D eigenvalue weighted by Gasteiger charge is 2.31. The summed E-state index contributed by atoms with van der Waals surface area (Å²) in [5.74, 6) is 0. The molecule has 0 saturated carbocycles. The van der Waals surface area contributed by atoms with Crippen LogP contribution in [-0.4, -0.2) is 39.2 Å². The van der Waals surface area contributed by atoms with Gasteiger partial charge in [0.05, 0.1) is 5.41 Å². The van der Waals surface area contributed by atoms with Crippen molar-refractivity contribution < 1.29 is 28.6 Å². The minimum atomic E-state index is -0.664. The molecule has 0 bridgehead atoms. The SMILES string of the molecule is CCC(COC=O)(COC=O)COC=O. The van der Waals surface area contributed by atoms with Crippen LogP contribution in [0.25, 0.3) is 0 Å². The Balaban J connectivity index is 4.34. The molecule has 0 N–H and O–H groups in total. The van der Waals surface area contributed by atoms with Crippen LogP contribution in [0.15, 0.2) is 0 Å². The largest absolute Gasteiger partial charge is 0.467 e. The Kier molecular flexibility index (Phi) is 6.96. The average molecular weight is 218 g/mol. The van der Waals surface area contributed by atoms with Crippen LogP contribution in [0.3, 0.4) is 0 Å². The van der Waals surface area contributed by atoms with E-state index in [9.17, 15) is 14.4 Å². The molecule has 0 fully saturated rings. The summed E-state index contributed by atoms with van der Waals surface area (Å²) in [4.78, 5) is 30.2. The molecule has 86 valence electrons. The van der Waals surface area contributed by atoms with Crippen LogP contribution >= 0.6 is 0 Å². The highest BCUT2D eigenvalue weighted by atomic mass is 16.5. The lowest BCUT2D eigenvalue weighted by Gasteiger charge is -2.28. The lowest BCUT2D eigenvalue weighted by Crippen LogP contribution is -2.36. The van der Waals surface area contributed by atoms with Crippen LogP contribution in [0.4, 0.5) is 0 Å². The van der Waals surface area contributed by atoms with E-state index in [1.54, 1.807) is 0 Å². The van der Waals surface area contributed by atoms with Gasteiger partial charge in [-0.25, -0.2) is 0 Å². The molecule has 0 aliphatic carbocycles. The Morgan fingerprint density at radius 2 is 1.20 bits per heavy atom. The van der Waals surface area contributed by atoms with Crippen molar-refractivity contribution in [3.05, 3.63) is 0 Å². The van der Waals surface area contributed by atoms with Crippen LogP contribution in [0.2, 0.25) is 0 Å². The molecule has 0 aliphatic rings. The fraction of sp³-hybridized carbons (Fsp3) is 0.667. The van der Waals surface area contributed by atoms with Gasteiger partial charge in [0.2, 0.25) is 0 Å². The van der Waals surface area contributed by atoms with Gasteiger partial charge < -0.3 is 14.2 Å². The Hall–Kier alpha value is -1.59. The average Bonchev–Trinajstić information content (AvgIpc) is 2.29. The fourth-order valence-electron chi connectivity index (χ4n) is 1.06. The Morgan fingerprint density at radius 3 is 1.40 bits per heavy atom. The van der Waals surface area contributed by atoms with E-state index in [1.165, 1.54) is 0 Å². The molecule has 0 aromatic heterocycles. The second-order valence-electron chi connectivity index (χ2n) is 3.08. The third-order valence-corrected chi connectivity index (χ3v) is 2.12. The molecule has 0 amide bonds. The van der Waals surface area contributed by atoms with E-state index in [0.29, 0.717) is 25.8 Å². The van der Waals surface area contributed by atoms with Crippen LogP contribution in [0.1, 0.15) is 13.3 Å². The van der Waals surface area contributed by atoms with E-state index in [2.05, 4.69) is 14.2 Å². The summed E-state index contributed by atoms with van der Waals surface area (Å²) in [5, 5.41) is 0. The van der Waals surface area contributed by atoms with Gasteiger partial charge in [-0.2, -0.15) is 0 Å². The zero-order chi connectivity index (χ0) is 11.6. The maximum Gasteiger partial charge on any atom is 0.293 e. The number of carbonyl (C=O) groups excluding carboxylic acids is 3. The molecule has 0 heterocycles. The zero-order valence-corrected chi connectivity index (χ0v) is 8.51. The first kappa shape index (κ1) is 13.4. The normalized spacial score (nSPS) is 10.2. The van der Waals surface area contributed by atoms with Crippen molar-refractivity contribution in [2.75, 3.05) is 19.8 Å². The predicted molar refractivity (Wildman–Crippen MR) is 48.8 cm³/mol. The fourth-order valence-corrected chi connectivity index (χ4v) is 1.06. The van der Waals surface area contributed by atoms with Crippen LogP contribution in [-0.2, 0) is 28.6 Å². The molecular formula is C9H14O6. The van der Waals surface area contributed by atoms with E-state index < -0.39 is 5.41 Å². The zero-order valence-electron chi connectivity index (χ0n) is 8.51. The first-order chi connectivity index (χ1) is 7.24. The molecule has 15 heavy (non-hydrogen) atoms. The van der Waals surface area contributed by atoms with Crippen molar-refractivity contribution in [1.29, 1.82) is 0 Å². The van der Waals surface area contributed by atoms with E-state index in [-0.39, 0.29) is 19.8 Å². The first-order valence-corrected chi connectivity index (χ1v) is 4.40. The lowest BCUT2D eigenvalue weighted by molar-refractivity contribution is -0.146. The highest BCUT2D eigenvalue weighted by Crippen LogP contribution is 2.23. The smallest absolute Gasteiger partial charge is 0.293 e. The molecule has 0 aromatic carbocycles. The summed E-state index contributed by atoms with van der Waals surface area (Å²) in [6.45, 7) is 2.82. The van der Waals surface area contributed by atoms with E-state index in [4.69, 9.17) is 0 Å². The first-order valence-electron chi connectivity index (χ1n) is 4.40. The maximum absolute atomic E-state index is 10.1. The van der Waals surface area contributed by atoms with Gasteiger partial charge >= 0.3 is 0 Å². The van der Waals surface area contributed by atoms with Crippen LogP contribution in [0, 0.1) is 5.41 Å². The minimum Gasteiger partial charge on any atom is -0.467 e. The third-order valence-electron chi connectivity index (χ3n) is 2.12. The molecule has 0 unspecified atom stereocenters. The van der Waals surface area contributed by atoms with E-state index in [0.717, 1.165) is 0 Å². The van der Waals surface area contributed by atoms with E-state index >= 15 is 0 Å². The van der Waals surface area contributed by atoms with Crippen molar-refractivity contribution in [2.24, 2.45) is 5.41 Å². The number of ether oxygens (including phenoxy) is 3. The summed E-state index contributed by atoms with van der Waals surface area (Å²) >= 11 is 0. The van der Waals surface area contributed by atoms with Gasteiger partial charge in [-0.15, -0.1) is 0 Å². The van der Waals surface area contributed by atoms with Gasteiger partial charge in [0, 0.05) is 0 Å². The van der Waals surface area contributed by atoms with Crippen molar-refractivity contribution in [3.8, 4) is 0 Å². The molecular weight excluding hydrogens is 204 g/mol. The molecule has 0 saturated heterocycles.